The van der Waals surface area contributed by atoms with Gasteiger partial charge in [-0.3, -0.25) is 0 Å². The van der Waals surface area contributed by atoms with E-state index >= 15 is 0 Å². The Morgan fingerprint density at radius 3 is 2.44 bits per heavy atom. The molecule has 0 spiro atoms. The average Bonchev–Trinajstić information content (AvgIpc) is 2.72. The van der Waals surface area contributed by atoms with Gasteiger partial charge in [-0.15, -0.1) is 0 Å². The molecule has 2 N–H and O–H groups in total. The number of hydrazone groups is 1. The van der Waals surface area contributed by atoms with Crippen LogP contribution in [0.4, 0.5) is 0 Å². The fraction of sp³-hybridized carbons (Fsp3) is 0.273. The summed E-state index contributed by atoms with van der Waals surface area (Å²) < 4.78 is 5.20. The third-order valence-corrected chi connectivity index (χ3v) is 4.47. The zero-order chi connectivity index (χ0) is 19.2. The van der Waals surface area contributed by atoms with Crippen LogP contribution in [0.2, 0.25) is 0 Å². The van der Waals surface area contributed by atoms with Crippen molar-refractivity contribution in [1.82, 2.24) is 10.7 Å². The number of nitrogens with zero attached hydrogens (tertiary/aromatic N) is 2. The normalized spacial score (nSPS) is 17.1. The first-order chi connectivity index (χ1) is 13.1. The van der Waals surface area contributed by atoms with Gasteiger partial charge in [-0.05, 0) is 54.3 Å². The van der Waals surface area contributed by atoms with E-state index in [-0.39, 0.29) is 6.04 Å². The Morgan fingerprint density at radius 2 is 1.81 bits per heavy atom. The second kappa shape index (κ2) is 8.54. The Hall–Kier alpha value is -3.08. The molecule has 140 valence electrons. The number of ether oxygens (including phenoxy) is 1. The zero-order valence-electron chi connectivity index (χ0n) is 16.2. The highest BCUT2D eigenvalue weighted by Crippen LogP contribution is 2.20. The number of guanidine groups is 1. The molecule has 0 radical (unpaired) electrons. The highest BCUT2D eigenvalue weighted by atomic mass is 16.5. The summed E-state index contributed by atoms with van der Waals surface area (Å²) in [6, 6.07) is 18.2. The highest BCUT2D eigenvalue weighted by Gasteiger charge is 2.18. The molecule has 0 aliphatic carbocycles. The van der Waals surface area contributed by atoms with E-state index in [1.54, 1.807) is 7.11 Å². The number of rotatable bonds is 5. The van der Waals surface area contributed by atoms with Crippen LogP contribution < -0.4 is 15.5 Å². The molecule has 1 heterocycles. The third-order valence-electron chi connectivity index (χ3n) is 4.47. The highest BCUT2D eigenvalue weighted by molar-refractivity contribution is 6.00. The maximum atomic E-state index is 5.20. The summed E-state index contributed by atoms with van der Waals surface area (Å²) in [6.07, 6.45) is 2.17. The summed E-state index contributed by atoms with van der Waals surface area (Å²) in [5.41, 5.74) is 7.17. The Morgan fingerprint density at radius 1 is 1.11 bits per heavy atom. The maximum absolute atomic E-state index is 5.20. The lowest BCUT2D eigenvalue weighted by Gasteiger charge is -2.24. The van der Waals surface area contributed by atoms with Gasteiger partial charge in [0.15, 0.2) is 0 Å². The minimum Gasteiger partial charge on any atom is -0.497 e. The fourth-order valence-electron chi connectivity index (χ4n) is 2.78. The lowest BCUT2D eigenvalue weighted by atomic mass is 10.0. The number of hydrogen-bond donors (Lipinski definition) is 2. The lowest BCUT2D eigenvalue weighted by molar-refractivity contribution is 0.415. The van der Waals surface area contributed by atoms with Crippen LogP contribution in [0.15, 0.2) is 70.8 Å². The van der Waals surface area contributed by atoms with Crippen LogP contribution in [0.3, 0.4) is 0 Å². The van der Waals surface area contributed by atoms with Crippen molar-refractivity contribution in [2.75, 3.05) is 7.11 Å². The van der Waals surface area contributed by atoms with E-state index in [2.05, 4.69) is 47.9 Å². The van der Waals surface area contributed by atoms with Crippen molar-refractivity contribution >= 4 is 17.4 Å². The molecule has 0 bridgehead atoms. The number of benzene rings is 2. The van der Waals surface area contributed by atoms with Crippen LogP contribution in [0.1, 0.15) is 31.9 Å². The Kier molecular flexibility index (Phi) is 5.91. The van der Waals surface area contributed by atoms with Gasteiger partial charge in [0.1, 0.15) is 5.75 Å². The SMILES string of the molecule is COc1ccc(/C(C)=N/NC2=NC(C(C)C)C=C(c3ccccc3)N2)cc1. The molecule has 1 atom stereocenters. The predicted octanol–water partition coefficient (Wildman–Crippen LogP) is 4.03. The number of hydrogen-bond acceptors (Lipinski definition) is 5. The molecule has 0 saturated carbocycles. The molecule has 3 rings (SSSR count). The van der Waals surface area contributed by atoms with Crippen molar-refractivity contribution in [3.8, 4) is 5.75 Å². The first kappa shape index (κ1) is 18.7. The first-order valence-corrected chi connectivity index (χ1v) is 9.13. The van der Waals surface area contributed by atoms with Crippen LogP contribution in [-0.2, 0) is 0 Å². The molecule has 0 aromatic heterocycles. The minimum atomic E-state index is 0.0976. The smallest absolute Gasteiger partial charge is 0.217 e. The molecule has 1 unspecified atom stereocenters. The van der Waals surface area contributed by atoms with Gasteiger partial charge in [-0.25, -0.2) is 10.4 Å². The molecular formula is C22H26N4O. The monoisotopic (exact) mass is 362 g/mol. The van der Waals surface area contributed by atoms with Crippen molar-refractivity contribution in [2.24, 2.45) is 16.0 Å². The van der Waals surface area contributed by atoms with Gasteiger partial charge >= 0.3 is 0 Å². The first-order valence-electron chi connectivity index (χ1n) is 9.13. The standard InChI is InChI=1S/C22H26N4O/c1-15(2)20-14-21(18-8-6-5-7-9-18)24-22(23-20)26-25-16(3)17-10-12-19(27-4)13-11-17/h5-15,20H,1-4H3,(H2,23,24,26)/b25-16+. The van der Waals surface area contributed by atoms with E-state index in [1.807, 2.05) is 49.4 Å². The third kappa shape index (κ3) is 4.76. The minimum absolute atomic E-state index is 0.0976. The van der Waals surface area contributed by atoms with Gasteiger partial charge < -0.3 is 10.1 Å². The molecule has 27 heavy (non-hydrogen) atoms. The summed E-state index contributed by atoms with van der Waals surface area (Å²) in [5.74, 6) is 1.88. The second-order valence-corrected chi connectivity index (χ2v) is 6.82. The van der Waals surface area contributed by atoms with Crippen LogP contribution in [0.25, 0.3) is 5.70 Å². The number of methoxy groups -OCH3 is 1. The molecule has 0 amide bonds. The summed E-state index contributed by atoms with van der Waals surface area (Å²) in [4.78, 5) is 4.74. The van der Waals surface area contributed by atoms with E-state index in [0.717, 1.165) is 28.3 Å². The van der Waals surface area contributed by atoms with E-state index in [0.29, 0.717) is 11.9 Å². The topological polar surface area (TPSA) is 58.0 Å². The van der Waals surface area contributed by atoms with Gasteiger partial charge in [-0.2, -0.15) is 5.10 Å². The average molecular weight is 362 g/mol. The van der Waals surface area contributed by atoms with Crippen LogP contribution in [-0.4, -0.2) is 24.8 Å². The largest absolute Gasteiger partial charge is 0.497 e. The van der Waals surface area contributed by atoms with E-state index in [4.69, 9.17) is 9.73 Å². The molecular weight excluding hydrogens is 336 g/mol. The van der Waals surface area contributed by atoms with Crippen molar-refractivity contribution < 1.29 is 4.74 Å². The molecule has 5 heteroatoms. The number of aliphatic imine (C=N–C) groups is 1. The fourth-order valence-corrected chi connectivity index (χ4v) is 2.78. The molecule has 0 fully saturated rings. The zero-order valence-corrected chi connectivity index (χ0v) is 16.2. The Labute approximate surface area is 160 Å². The molecule has 0 saturated heterocycles. The summed E-state index contributed by atoms with van der Waals surface area (Å²) in [6.45, 7) is 6.30. The Balaban J connectivity index is 1.76. The maximum Gasteiger partial charge on any atom is 0.217 e. The van der Waals surface area contributed by atoms with Gasteiger partial charge in [0.25, 0.3) is 0 Å². The van der Waals surface area contributed by atoms with E-state index in [1.165, 1.54) is 0 Å². The molecule has 2 aromatic rings. The molecule has 1 aliphatic heterocycles. The van der Waals surface area contributed by atoms with E-state index in [9.17, 15) is 0 Å². The van der Waals surface area contributed by atoms with Crippen molar-refractivity contribution in [2.45, 2.75) is 26.8 Å². The summed E-state index contributed by atoms with van der Waals surface area (Å²) in [7, 11) is 1.66. The van der Waals surface area contributed by atoms with Crippen LogP contribution in [0, 0.1) is 5.92 Å². The quantitative estimate of drug-likeness (QED) is 0.624. The summed E-state index contributed by atoms with van der Waals surface area (Å²) in [5, 5.41) is 7.85. The molecule has 2 aromatic carbocycles. The second-order valence-electron chi connectivity index (χ2n) is 6.82. The van der Waals surface area contributed by atoms with Crippen LogP contribution >= 0.6 is 0 Å². The number of nitrogens with one attached hydrogen (secondary N) is 2. The van der Waals surface area contributed by atoms with Crippen molar-refractivity contribution in [3.05, 3.63) is 71.8 Å². The lowest BCUT2D eigenvalue weighted by Crippen LogP contribution is -2.38. The van der Waals surface area contributed by atoms with E-state index < -0.39 is 0 Å². The molecule has 5 nitrogen and oxygen atoms in total. The van der Waals surface area contributed by atoms with Crippen molar-refractivity contribution in [3.63, 3.8) is 0 Å². The predicted molar refractivity (Wildman–Crippen MR) is 112 cm³/mol. The summed E-state index contributed by atoms with van der Waals surface area (Å²) >= 11 is 0. The van der Waals surface area contributed by atoms with Gasteiger partial charge in [-0.1, -0.05) is 44.2 Å². The Bertz CT molecular complexity index is 852. The van der Waals surface area contributed by atoms with Gasteiger partial charge in [0, 0.05) is 5.70 Å². The van der Waals surface area contributed by atoms with Crippen molar-refractivity contribution in [1.29, 1.82) is 0 Å². The van der Waals surface area contributed by atoms with Gasteiger partial charge in [0.2, 0.25) is 5.96 Å². The van der Waals surface area contributed by atoms with Crippen LogP contribution in [0.5, 0.6) is 5.75 Å². The van der Waals surface area contributed by atoms with Gasteiger partial charge in [0.05, 0.1) is 18.9 Å². The molecule has 1 aliphatic rings.